The van der Waals surface area contributed by atoms with E-state index >= 15 is 0 Å². The van der Waals surface area contributed by atoms with Gasteiger partial charge >= 0.3 is 0 Å². The number of hydrogen-bond acceptors (Lipinski definition) is 4. The summed E-state index contributed by atoms with van der Waals surface area (Å²) in [5.41, 5.74) is 0. The summed E-state index contributed by atoms with van der Waals surface area (Å²) in [6.07, 6.45) is 1.18. The van der Waals surface area contributed by atoms with Gasteiger partial charge < -0.3 is 15.0 Å². The highest BCUT2D eigenvalue weighted by Gasteiger charge is 2.25. The number of nitrogens with one attached hydrogen (secondary N) is 1. The fourth-order valence-corrected chi connectivity index (χ4v) is 1.63. The van der Waals surface area contributed by atoms with Gasteiger partial charge in [-0.25, -0.2) is 0 Å². The lowest BCUT2D eigenvalue weighted by molar-refractivity contribution is -0.133. The van der Waals surface area contributed by atoms with Crippen molar-refractivity contribution in [2.24, 2.45) is 0 Å². The second kappa shape index (κ2) is 6.38. The Labute approximate surface area is 90.0 Å². The standard InChI is InChI=1S/C10H17N3O2/c1-15-6-2-3-10(14)13-5-4-12-8-9(13)7-11/h9,12H,2-6,8H2,1H3. The van der Waals surface area contributed by atoms with E-state index in [2.05, 4.69) is 11.4 Å². The van der Waals surface area contributed by atoms with E-state index in [1.54, 1.807) is 12.0 Å². The Hall–Kier alpha value is -1.12. The molecule has 5 heteroatoms. The number of nitrogens with zero attached hydrogens (tertiary/aromatic N) is 2. The number of piperazine rings is 1. The molecule has 84 valence electrons. The van der Waals surface area contributed by atoms with Crippen molar-refractivity contribution in [3.63, 3.8) is 0 Å². The Morgan fingerprint density at radius 3 is 3.20 bits per heavy atom. The van der Waals surface area contributed by atoms with E-state index in [4.69, 9.17) is 10.00 Å². The summed E-state index contributed by atoms with van der Waals surface area (Å²) in [5, 5.41) is 12.0. The first-order valence-corrected chi connectivity index (χ1v) is 5.18. The van der Waals surface area contributed by atoms with Crippen molar-refractivity contribution in [3.05, 3.63) is 0 Å². The van der Waals surface area contributed by atoms with Gasteiger partial charge in [0.1, 0.15) is 6.04 Å². The van der Waals surface area contributed by atoms with Crippen molar-refractivity contribution in [3.8, 4) is 6.07 Å². The summed E-state index contributed by atoms with van der Waals surface area (Å²) in [7, 11) is 1.62. The molecule has 0 aromatic heterocycles. The zero-order valence-corrected chi connectivity index (χ0v) is 9.03. The lowest BCUT2D eigenvalue weighted by Crippen LogP contribution is -2.53. The highest BCUT2D eigenvalue weighted by atomic mass is 16.5. The van der Waals surface area contributed by atoms with Crippen molar-refractivity contribution < 1.29 is 9.53 Å². The minimum absolute atomic E-state index is 0.0556. The van der Waals surface area contributed by atoms with Crippen molar-refractivity contribution in [1.29, 1.82) is 5.26 Å². The van der Waals surface area contributed by atoms with Gasteiger partial charge in [-0.15, -0.1) is 0 Å². The van der Waals surface area contributed by atoms with Crippen LogP contribution in [0.15, 0.2) is 0 Å². The monoisotopic (exact) mass is 211 g/mol. The molecule has 0 radical (unpaired) electrons. The highest BCUT2D eigenvalue weighted by molar-refractivity contribution is 5.77. The highest BCUT2D eigenvalue weighted by Crippen LogP contribution is 2.06. The Morgan fingerprint density at radius 1 is 1.73 bits per heavy atom. The van der Waals surface area contributed by atoms with Crippen molar-refractivity contribution in [1.82, 2.24) is 10.2 Å². The third-order valence-corrected chi connectivity index (χ3v) is 2.45. The third-order valence-electron chi connectivity index (χ3n) is 2.45. The maximum Gasteiger partial charge on any atom is 0.223 e. The van der Waals surface area contributed by atoms with Crippen molar-refractivity contribution in [2.75, 3.05) is 33.4 Å². The molecule has 1 atom stereocenters. The first-order chi connectivity index (χ1) is 7.29. The molecule has 1 N–H and O–H groups in total. The number of rotatable bonds is 4. The lowest BCUT2D eigenvalue weighted by Gasteiger charge is -2.32. The molecule has 0 aromatic rings. The number of carbonyl (C=O) groups excluding carboxylic acids is 1. The summed E-state index contributed by atoms with van der Waals surface area (Å²) >= 11 is 0. The van der Waals surface area contributed by atoms with Crippen LogP contribution in [-0.2, 0) is 9.53 Å². The van der Waals surface area contributed by atoms with Crippen LogP contribution in [0.3, 0.4) is 0 Å². The number of methoxy groups -OCH3 is 1. The first kappa shape index (κ1) is 12.0. The Balaban J connectivity index is 2.39. The zero-order valence-electron chi connectivity index (χ0n) is 9.03. The van der Waals surface area contributed by atoms with E-state index in [-0.39, 0.29) is 11.9 Å². The topological polar surface area (TPSA) is 65.4 Å². The van der Waals surface area contributed by atoms with Gasteiger partial charge in [0.2, 0.25) is 5.91 Å². The predicted octanol–water partition coefficient (Wildman–Crippen LogP) is -0.263. The molecule has 0 saturated carbocycles. The number of ether oxygens (including phenoxy) is 1. The third kappa shape index (κ3) is 3.50. The van der Waals surface area contributed by atoms with Crippen LogP contribution in [0.2, 0.25) is 0 Å². The SMILES string of the molecule is COCCCC(=O)N1CCNCC1C#N. The van der Waals surface area contributed by atoms with Crippen LogP contribution in [0, 0.1) is 11.3 Å². The van der Waals surface area contributed by atoms with Crippen LogP contribution in [0.4, 0.5) is 0 Å². The average molecular weight is 211 g/mol. The van der Waals surface area contributed by atoms with Crippen molar-refractivity contribution in [2.45, 2.75) is 18.9 Å². The smallest absolute Gasteiger partial charge is 0.223 e. The molecular formula is C10H17N3O2. The second-order valence-corrected chi connectivity index (χ2v) is 3.53. The molecule has 0 aromatic carbocycles. The molecule has 1 unspecified atom stereocenters. The van der Waals surface area contributed by atoms with Gasteiger partial charge in [-0.05, 0) is 6.42 Å². The minimum Gasteiger partial charge on any atom is -0.385 e. The van der Waals surface area contributed by atoms with Crippen LogP contribution >= 0.6 is 0 Å². The largest absolute Gasteiger partial charge is 0.385 e. The normalized spacial score (nSPS) is 21.1. The minimum atomic E-state index is -0.311. The number of nitriles is 1. The number of hydrogen-bond donors (Lipinski definition) is 1. The van der Waals surface area contributed by atoms with Gasteiger partial charge in [-0.3, -0.25) is 4.79 Å². The Bertz CT molecular complexity index is 250. The van der Waals surface area contributed by atoms with Crippen molar-refractivity contribution >= 4 is 5.91 Å². The fourth-order valence-electron chi connectivity index (χ4n) is 1.63. The number of carbonyl (C=O) groups is 1. The molecule has 1 amide bonds. The van der Waals surface area contributed by atoms with Gasteiger partial charge in [0.25, 0.3) is 0 Å². The Kier molecular flexibility index (Phi) is 5.08. The van der Waals surface area contributed by atoms with Crippen LogP contribution < -0.4 is 5.32 Å². The van der Waals surface area contributed by atoms with E-state index in [0.29, 0.717) is 26.1 Å². The molecule has 0 bridgehead atoms. The van der Waals surface area contributed by atoms with Gasteiger partial charge in [0.05, 0.1) is 6.07 Å². The molecule has 5 nitrogen and oxygen atoms in total. The van der Waals surface area contributed by atoms with Gasteiger partial charge in [0, 0.05) is 39.8 Å². The van der Waals surface area contributed by atoms with Crippen LogP contribution in [0.25, 0.3) is 0 Å². The van der Waals surface area contributed by atoms with E-state index in [1.165, 1.54) is 0 Å². The first-order valence-electron chi connectivity index (χ1n) is 5.18. The molecule has 1 aliphatic heterocycles. The summed E-state index contributed by atoms with van der Waals surface area (Å²) < 4.78 is 4.88. The molecule has 15 heavy (non-hydrogen) atoms. The fraction of sp³-hybridized carbons (Fsp3) is 0.800. The maximum atomic E-state index is 11.7. The lowest BCUT2D eigenvalue weighted by atomic mass is 10.2. The van der Waals surface area contributed by atoms with Gasteiger partial charge in [-0.2, -0.15) is 5.26 Å². The van der Waals surface area contributed by atoms with E-state index in [0.717, 1.165) is 13.0 Å². The second-order valence-electron chi connectivity index (χ2n) is 3.53. The van der Waals surface area contributed by atoms with Gasteiger partial charge in [-0.1, -0.05) is 0 Å². The molecule has 0 spiro atoms. The molecular weight excluding hydrogens is 194 g/mol. The van der Waals surface area contributed by atoms with Crippen LogP contribution in [0.1, 0.15) is 12.8 Å². The molecule has 0 aliphatic carbocycles. The van der Waals surface area contributed by atoms with E-state index in [9.17, 15) is 4.79 Å². The molecule has 1 aliphatic rings. The zero-order chi connectivity index (χ0) is 11.1. The summed E-state index contributed by atoms with van der Waals surface area (Å²) in [5.74, 6) is 0.0556. The van der Waals surface area contributed by atoms with E-state index < -0.39 is 0 Å². The predicted molar refractivity (Wildman–Crippen MR) is 55.1 cm³/mol. The van der Waals surface area contributed by atoms with Crippen LogP contribution in [-0.4, -0.2) is 50.2 Å². The molecule has 1 saturated heterocycles. The molecule has 1 rings (SSSR count). The quantitative estimate of drug-likeness (QED) is 0.650. The van der Waals surface area contributed by atoms with Crippen LogP contribution in [0.5, 0.6) is 0 Å². The molecule has 1 fully saturated rings. The Morgan fingerprint density at radius 2 is 2.53 bits per heavy atom. The summed E-state index contributed by atoms with van der Waals surface area (Å²) in [4.78, 5) is 13.4. The summed E-state index contributed by atoms with van der Waals surface area (Å²) in [6, 6.07) is 1.83. The number of amides is 1. The van der Waals surface area contributed by atoms with Gasteiger partial charge in [0.15, 0.2) is 0 Å². The summed E-state index contributed by atoms with van der Waals surface area (Å²) in [6.45, 7) is 2.57. The average Bonchev–Trinajstić information content (AvgIpc) is 2.29. The maximum absolute atomic E-state index is 11.7. The molecule has 1 heterocycles. The van der Waals surface area contributed by atoms with E-state index in [1.807, 2.05) is 0 Å².